The molecule has 3 nitrogen and oxygen atoms in total. The molecule has 0 aliphatic rings. The minimum Gasteiger partial charge on any atom is -0.399 e. The molecule has 1 heterocycles. The molecule has 0 radical (unpaired) electrons. The summed E-state index contributed by atoms with van der Waals surface area (Å²) in [6.45, 7) is 16.5. The number of imidazole rings is 1. The van der Waals surface area contributed by atoms with Gasteiger partial charge in [-0.3, -0.25) is 0 Å². The van der Waals surface area contributed by atoms with Gasteiger partial charge in [0.1, 0.15) is 5.82 Å². The van der Waals surface area contributed by atoms with Gasteiger partial charge in [-0.25, -0.2) is 4.98 Å². The highest BCUT2D eigenvalue weighted by Crippen LogP contribution is 2.31. The molecule has 0 saturated carbocycles. The summed E-state index contributed by atoms with van der Waals surface area (Å²) in [6, 6.07) is 6.12. The zero-order valence-electron chi connectivity index (χ0n) is 17.5. The van der Waals surface area contributed by atoms with E-state index >= 15 is 0 Å². The molecule has 2 rings (SSSR count). The van der Waals surface area contributed by atoms with Gasteiger partial charge >= 0.3 is 0 Å². The first-order chi connectivity index (χ1) is 11.9. The van der Waals surface area contributed by atoms with E-state index in [-0.39, 0.29) is 5.41 Å². The molecule has 1 atom stereocenters. The van der Waals surface area contributed by atoms with Crippen LogP contribution in [0.15, 0.2) is 18.2 Å². The van der Waals surface area contributed by atoms with E-state index in [0.717, 1.165) is 24.2 Å². The van der Waals surface area contributed by atoms with E-state index in [2.05, 4.69) is 45.3 Å². The van der Waals surface area contributed by atoms with Crippen LogP contribution in [0, 0.1) is 5.92 Å². The third kappa shape index (κ3) is 5.49. The van der Waals surface area contributed by atoms with Gasteiger partial charge in [-0.15, -0.1) is 0 Å². The summed E-state index contributed by atoms with van der Waals surface area (Å²) in [6.07, 6.45) is 6.31. The normalized spacial score (nSPS) is 12.8. The van der Waals surface area contributed by atoms with E-state index in [4.69, 9.17) is 10.7 Å². The number of hydrogen-bond acceptors (Lipinski definition) is 2. The molecule has 142 valence electrons. The van der Waals surface area contributed by atoms with Crippen molar-refractivity contribution in [2.45, 2.75) is 92.5 Å². The summed E-state index contributed by atoms with van der Waals surface area (Å²) >= 11 is 0. The number of nitrogens with two attached hydrogens (primary N) is 1. The second-order valence-corrected chi connectivity index (χ2v) is 7.63. The Balaban J connectivity index is 0.00000151. The number of hydrogen-bond donors (Lipinski definition) is 1. The number of unbranched alkanes of at least 4 members (excludes halogenated alkanes) is 2. The Morgan fingerprint density at radius 2 is 1.84 bits per heavy atom. The molecule has 1 aromatic carbocycles. The van der Waals surface area contributed by atoms with E-state index in [1.165, 1.54) is 37.0 Å². The molecule has 0 fully saturated rings. The zero-order valence-corrected chi connectivity index (χ0v) is 17.5. The third-order valence-corrected chi connectivity index (χ3v) is 5.06. The Kier molecular flexibility index (Phi) is 8.47. The van der Waals surface area contributed by atoms with Crippen molar-refractivity contribution in [2.75, 3.05) is 5.73 Å². The molecule has 0 bridgehead atoms. The van der Waals surface area contributed by atoms with Crippen LogP contribution in [0.2, 0.25) is 0 Å². The molecule has 0 spiro atoms. The minimum atomic E-state index is 0.0803. The predicted molar refractivity (Wildman–Crippen MR) is 112 cm³/mol. The molecular formula is C22H39N3. The summed E-state index contributed by atoms with van der Waals surface area (Å²) in [4.78, 5) is 4.95. The molecule has 25 heavy (non-hydrogen) atoms. The van der Waals surface area contributed by atoms with Crippen LogP contribution in [-0.2, 0) is 12.0 Å². The summed E-state index contributed by atoms with van der Waals surface area (Å²) < 4.78 is 2.44. The number of aromatic nitrogens is 2. The van der Waals surface area contributed by atoms with Crippen molar-refractivity contribution in [3.8, 4) is 0 Å². The van der Waals surface area contributed by atoms with Gasteiger partial charge in [-0.1, -0.05) is 67.7 Å². The van der Waals surface area contributed by atoms with Crippen molar-refractivity contribution in [2.24, 2.45) is 5.92 Å². The number of anilines is 1. The van der Waals surface area contributed by atoms with Crippen LogP contribution in [0.5, 0.6) is 0 Å². The zero-order chi connectivity index (χ0) is 19.0. The van der Waals surface area contributed by atoms with Crippen molar-refractivity contribution < 1.29 is 0 Å². The van der Waals surface area contributed by atoms with Gasteiger partial charge in [0, 0.05) is 17.6 Å². The Bertz CT molecular complexity index is 640. The van der Waals surface area contributed by atoms with E-state index in [0.29, 0.717) is 5.92 Å². The molecule has 0 aliphatic heterocycles. The Hall–Kier alpha value is -1.51. The fourth-order valence-corrected chi connectivity index (χ4v) is 3.15. The van der Waals surface area contributed by atoms with E-state index in [9.17, 15) is 0 Å². The number of rotatable bonds is 8. The lowest BCUT2D eigenvalue weighted by molar-refractivity contribution is 0.391. The molecule has 0 aliphatic carbocycles. The number of benzene rings is 1. The highest BCUT2D eigenvalue weighted by Gasteiger charge is 2.26. The minimum absolute atomic E-state index is 0.0803. The Morgan fingerprint density at radius 3 is 2.44 bits per heavy atom. The van der Waals surface area contributed by atoms with Crippen LogP contribution in [0.1, 0.15) is 86.4 Å². The van der Waals surface area contributed by atoms with Gasteiger partial charge in [0.25, 0.3) is 0 Å². The third-order valence-electron chi connectivity index (χ3n) is 5.06. The van der Waals surface area contributed by atoms with Crippen molar-refractivity contribution >= 4 is 16.7 Å². The lowest BCUT2D eigenvalue weighted by Crippen LogP contribution is -2.23. The largest absolute Gasteiger partial charge is 0.399 e. The predicted octanol–water partition coefficient (Wildman–Crippen LogP) is 6.55. The molecule has 1 unspecified atom stereocenters. The Morgan fingerprint density at radius 1 is 1.16 bits per heavy atom. The maximum atomic E-state index is 5.96. The van der Waals surface area contributed by atoms with Gasteiger partial charge in [0.15, 0.2) is 0 Å². The molecule has 3 heteroatoms. The lowest BCUT2D eigenvalue weighted by atomic mass is 9.89. The first-order valence-electron chi connectivity index (χ1n) is 10.1. The molecular weight excluding hydrogens is 306 g/mol. The van der Waals surface area contributed by atoms with Crippen molar-refractivity contribution in [1.82, 2.24) is 9.55 Å². The number of fused-ring (bicyclic) bond motifs is 1. The summed E-state index contributed by atoms with van der Waals surface area (Å²) in [5.41, 5.74) is 9.08. The summed E-state index contributed by atoms with van der Waals surface area (Å²) in [7, 11) is 0. The van der Waals surface area contributed by atoms with E-state index in [1.54, 1.807) is 0 Å². The van der Waals surface area contributed by atoms with Crippen LogP contribution in [0.25, 0.3) is 11.0 Å². The first-order valence-corrected chi connectivity index (χ1v) is 10.1. The summed E-state index contributed by atoms with van der Waals surface area (Å²) in [5.74, 6) is 1.87. The van der Waals surface area contributed by atoms with Crippen LogP contribution in [0.3, 0.4) is 0 Å². The number of nitrogens with zero attached hydrogens (tertiary/aromatic N) is 2. The van der Waals surface area contributed by atoms with Gasteiger partial charge in [-0.05, 0) is 37.0 Å². The first kappa shape index (κ1) is 21.5. The molecule has 2 aromatic rings. The molecule has 0 saturated heterocycles. The standard InChI is InChI=1S/C20H33N3.C2H6/c1-6-8-9-10-15(3)14-23-18-12-11-16(21)13-17(18)22-19(23)20(4,5)7-2;1-2/h11-13,15H,6-10,14,21H2,1-5H3;1-2H3. The van der Waals surface area contributed by atoms with Crippen LogP contribution in [0.4, 0.5) is 5.69 Å². The second-order valence-electron chi connectivity index (χ2n) is 7.63. The molecule has 0 amide bonds. The van der Waals surface area contributed by atoms with Gasteiger partial charge in [0.05, 0.1) is 11.0 Å². The van der Waals surface area contributed by atoms with Gasteiger partial charge in [0.2, 0.25) is 0 Å². The van der Waals surface area contributed by atoms with Crippen molar-refractivity contribution in [3.05, 3.63) is 24.0 Å². The van der Waals surface area contributed by atoms with Gasteiger partial charge in [-0.2, -0.15) is 0 Å². The SMILES string of the molecule is CC.CCCCCC(C)Cn1c(C(C)(C)CC)nc2cc(N)ccc21. The monoisotopic (exact) mass is 345 g/mol. The van der Waals surface area contributed by atoms with Crippen LogP contribution in [-0.4, -0.2) is 9.55 Å². The molecule has 2 N–H and O–H groups in total. The van der Waals surface area contributed by atoms with Gasteiger partial charge < -0.3 is 10.3 Å². The highest BCUT2D eigenvalue weighted by atomic mass is 15.1. The maximum Gasteiger partial charge on any atom is 0.115 e. The van der Waals surface area contributed by atoms with E-state index in [1.807, 2.05) is 26.0 Å². The fraction of sp³-hybridized carbons (Fsp3) is 0.682. The Labute approximate surface area is 155 Å². The average Bonchev–Trinajstić information content (AvgIpc) is 2.95. The van der Waals surface area contributed by atoms with E-state index < -0.39 is 0 Å². The second kappa shape index (κ2) is 9.84. The molecule has 1 aromatic heterocycles. The summed E-state index contributed by atoms with van der Waals surface area (Å²) in [5, 5.41) is 0. The smallest absolute Gasteiger partial charge is 0.115 e. The maximum absolute atomic E-state index is 5.96. The average molecular weight is 346 g/mol. The van der Waals surface area contributed by atoms with Crippen LogP contribution < -0.4 is 5.73 Å². The van der Waals surface area contributed by atoms with Crippen molar-refractivity contribution in [3.63, 3.8) is 0 Å². The fourth-order valence-electron chi connectivity index (χ4n) is 3.15. The topological polar surface area (TPSA) is 43.8 Å². The lowest BCUT2D eigenvalue weighted by Gasteiger charge is -2.25. The van der Waals surface area contributed by atoms with Crippen LogP contribution >= 0.6 is 0 Å². The number of nitrogen functional groups attached to an aromatic ring is 1. The highest BCUT2D eigenvalue weighted by molar-refractivity contribution is 5.80. The van der Waals surface area contributed by atoms with Crippen molar-refractivity contribution in [1.29, 1.82) is 0 Å². The quantitative estimate of drug-likeness (QED) is 0.435.